The first-order chi connectivity index (χ1) is 25.4. The molecule has 0 radical (unpaired) electrons. The van der Waals surface area contributed by atoms with E-state index in [4.69, 9.17) is 18.9 Å². The van der Waals surface area contributed by atoms with E-state index in [9.17, 15) is 14.4 Å². The van der Waals surface area contributed by atoms with Gasteiger partial charge in [-0.05, 0) is 63.4 Å². The molecule has 0 aliphatic carbocycles. The van der Waals surface area contributed by atoms with Gasteiger partial charge in [0.1, 0.15) is 37.3 Å². The fraction of sp³-hybridized carbons (Fsp3) is 0.605. The number of hydrogen-bond donors (Lipinski definition) is 2. The Bertz CT molecular complexity index is 1530. The number of aromatic nitrogens is 4. The molecule has 2 heterocycles. The van der Waals surface area contributed by atoms with E-state index < -0.39 is 33.9 Å². The maximum absolute atomic E-state index is 14.1. The Morgan fingerprint density at radius 1 is 0.741 bits per heavy atom. The van der Waals surface area contributed by atoms with E-state index in [0.717, 1.165) is 17.7 Å². The number of hydrogen-bond acceptors (Lipinski definition) is 9. The van der Waals surface area contributed by atoms with Crippen LogP contribution in [0.2, 0.25) is 51.4 Å². The van der Waals surface area contributed by atoms with Crippen LogP contribution in [0.5, 0.6) is 0 Å². The number of carbonyl (C=O) groups excluding carboxylic acids is 3. The number of imidazole rings is 2. The molecule has 0 aliphatic heterocycles. The van der Waals surface area contributed by atoms with Crippen LogP contribution in [0.25, 0.3) is 0 Å². The first-order valence-corrected chi connectivity index (χ1v) is 26.2. The normalized spacial score (nSPS) is 12.0. The summed E-state index contributed by atoms with van der Waals surface area (Å²) < 4.78 is 26.5. The second-order valence-electron chi connectivity index (χ2n) is 16.8. The van der Waals surface area contributed by atoms with Crippen LogP contribution in [0.1, 0.15) is 61.2 Å². The Labute approximate surface area is 323 Å². The van der Waals surface area contributed by atoms with Gasteiger partial charge in [-0.25, -0.2) is 19.6 Å². The summed E-state index contributed by atoms with van der Waals surface area (Å²) in [5, 5.41) is 5.42. The average Bonchev–Trinajstić information content (AvgIpc) is 3.72. The fourth-order valence-electron chi connectivity index (χ4n) is 4.91. The van der Waals surface area contributed by atoms with Crippen LogP contribution in [0.3, 0.4) is 0 Å². The number of amides is 3. The number of carbonyl (C=O) groups is 3. The van der Waals surface area contributed by atoms with Gasteiger partial charge in [-0.15, -0.1) is 0 Å². The summed E-state index contributed by atoms with van der Waals surface area (Å²) in [6, 6.07) is 9.16. The molecule has 3 aromatic rings. The monoisotopic (exact) mass is 785 g/mol. The molecule has 0 saturated carbocycles. The topological polar surface area (TPSA) is 151 Å². The minimum Gasteiger partial charge on any atom is -0.445 e. The summed E-state index contributed by atoms with van der Waals surface area (Å²) in [5.74, 6) is 1.22. The van der Waals surface area contributed by atoms with Crippen molar-refractivity contribution in [2.24, 2.45) is 0 Å². The smallest absolute Gasteiger partial charge is 0.407 e. The third kappa shape index (κ3) is 17.9. The number of benzene rings is 1. The Morgan fingerprint density at radius 2 is 1.22 bits per heavy atom. The van der Waals surface area contributed by atoms with Gasteiger partial charge in [-0.1, -0.05) is 51.4 Å². The van der Waals surface area contributed by atoms with Crippen molar-refractivity contribution in [3.63, 3.8) is 0 Å². The van der Waals surface area contributed by atoms with Gasteiger partial charge in [0.15, 0.2) is 0 Å². The van der Waals surface area contributed by atoms with Gasteiger partial charge >= 0.3 is 12.2 Å². The van der Waals surface area contributed by atoms with Crippen LogP contribution in [0, 0.1) is 0 Å². The molecular weight excluding hydrogens is 723 g/mol. The Balaban J connectivity index is 1.59. The van der Waals surface area contributed by atoms with E-state index in [2.05, 4.69) is 59.9 Å². The van der Waals surface area contributed by atoms with Crippen molar-refractivity contribution in [2.75, 3.05) is 26.3 Å². The summed E-state index contributed by atoms with van der Waals surface area (Å²) in [7, 11) is -2.46. The summed E-state index contributed by atoms with van der Waals surface area (Å²) >= 11 is 0. The number of alkyl carbamates (subject to hydrolysis) is 2. The third-order valence-electron chi connectivity index (χ3n) is 8.12. The zero-order valence-corrected chi connectivity index (χ0v) is 35.9. The average molecular weight is 786 g/mol. The third-order valence-corrected chi connectivity index (χ3v) is 11.5. The molecule has 0 atom stereocenters. The van der Waals surface area contributed by atoms with Crippen LogP contribution in [0.15, 0.2) is 49.1 Å². The maximum Gasteiger partial charge on any atom is 0.407 e. The predicted molar refractivity (Wildman–Crippen MR) is 214 cm³/mol. The SMILES string of the molecule is CC(C)(C)OC(=O)NCCCCNC(=O)OCc1ccc(C(=O)N(Cc2nccn2COCC[Si](C)(C)C)Cc2nccn2COCC[Si](C)(C)C)cc1. The summed E-state index contributed by atoms with van der Waals surface area (Å²) in [6.07, 6.45) is 7.52. The van der Waals surface area contributed by atoms with Gasteiger partial charge in [0.2, 0.25) is 0 Å². The summed E-state index contributed by atoms with van der Waals surface area (Å²) in [4.78, 5) is 49.0. The van der Waals surface area contributed by atoms with Gasteiger partial charge in [-0.3, -0.25) is 4.79 Å². The minimum atomic E-state index is -1.23. The lowest BCUT2D eigenvalue weighted by Crippen LogP contribution is -2.33. The maximum atomic E-state index is 14.1. The van der Waals surface area contributed by atoms with Crippen LogP contribution in [0.4, 0.5) is 9.59 Å². The number of unbranched alkanes of at least 4 members (excludes halogenated alkanes) is 1. The molecule has 14 nitrogen and oxygen atoms in total. The Kier molecular flexibility index (Phi) is 17.4. The molecule has 0 aliphatic rings. The van der Waals surface area contributed by atoms with Gasteiger partial charge in [0, 0.05) is 72.8 Å². The van der Waals surface area contributed by atoms with Gasteiger partial charge in [0.05, 0.1) is 13.1 Å². The lowest BCUT2D eigenvalue weighted by atomic mass is 10.1. The molecule has 0 bridgehead atoms. The van der Waals surface area contributed by atoms with E-state index in [1.54, 1.807) is 41.6 Å². The molecular formula is C38H63N7O7Si2. The molecule has 0 spiro atoms. The highest BCUT2D eigenvalue weighted by molar-refractivity contribution is 6.76. The van der Waals surface area contributed by atoms with E-state index in [1.165, 1.54) is 0 Å². The van der Waals surface area contributed by atoms with Gasteiger partial charge in [-0.2, -0.15) is 0 Å². The van der Waals surface area contributed by atoms with Crippen molar-refractivity contribution in [1.29, 1.82) is 0 Å². The van der Waals surface area contributed by atoms with Crippen LogP contribution >= 0.6 is 0 Å². The standard InChI is InChI=1S/C38H63N7O7Si2/c1-38(2,3)52-37(48)42-17-11-10-16-41-36(47)51-28-31-12-14-32(15-13-31)35(46)45(26-33-39-18-20-43(33)29-49-22-24-53(4,5)6)27-34-40-19-21-44(34)30-50-23-25-54(7,8)9/h12-15,18-21H,10-11,16-17,22-30H2,1-9H3,(H,41,47)(H,42,48). The zero-order valence-electron chi connectivity index (χ0n) is 33.9. The van der Waals surface area contributed by atoms with E-state index in [1.807, 2.05) is 42.3 Å². The van der Waals surface area contributed by atoms with E-state index >= 15 is 0 Å². The molecule has 2 N–H and O–H groups in total. The van der Waals surface area contributed by atoms with Gasteiger partial charge < -0.3 is 43.6 Å². The van der Waals surface area contributed by atoms with Crippen molar-refractivity contribution < 1.29 is 33.3 Å². The zero-order chi connectivity index (χ0) is 39.8. The number of rotatable bonds is 22. The van der Waals surface area contributed by atoms with Crippen molar-refractivity contribution in [3.8, 4) is 0 Å². The van der Waals surface area contributed by atoms with E-state index in [-0.39, 0.29) is 25.6 Å². The molecule has 300 valence electrons. The van der Waals surface area contributed by atoms with Crippen LogP contribution in [-0.4, -0.2) is 90.1 Å². The molecule has 2 aromatic heterocycles. The second kappa shape index (κ2) is 21.2. The van der Waals surface area contributed by atoms with Gasteiger partial charge in [0.25, 0.3) is 5.91 Å². The van der Waals surface area contributed by atoms with Crippen LogP contribution < -0.4 is 10.6 Å². The second-order valence-corrected chi connectivity index (χ2v) is 28.1. The highest BCUT2D eigenvalue weighted by Gasteiger charge is 2.22. The molecule has 1 aromatic carbocycles. The first-order valence-electron chi connectivity index (χ1n) is 18.8. The first kappa shape index (κ1) is 44.4. The summed E-state index contributed by atoms with van der Waals surface area (Å²) in [5.41, 5.74) is 0.677. The quantitative estimate of drug-likeness (QED) is 0.0805. The summed E-state index contributed by atoms with van der Waals surface area (Å²) in [6.45, 7) is 22.8. The molecule has 0 fully saturated rings. The Morgan fingerprint density at radius 3 is 1.69 bits per heavy atom. The Hall–Kier alpha value is -4.00. The van der Waals surface area contributed by atoms with E-state index in [0.29, 0.717) is 69.8 Å². The molecule has 0 saturated heterocycles. The number of nitrogens with one attached hydrogen (secondary N) is 2. The fourth-order valence-corrected chi connectivity index (χ4v) is 6.43. The lowest BCUT2D eigenvalue weighted by molar-refractivity contribution is 0.0526. The molecule has 54 heavy (non-hydrogen) atoms. The van der Waals surface area contributed by atoms with Crippen molar-refractivity contribution in [3.05, 3.63) is 71.8 Å². The molecule has 16 heteroatoms. The molecule has 0 unspecified atom stereocenters. The molecule has 3 amide bonds. The van der Waals surface area contributed by atoms with Crippen LogP contribution in [-0.2, 0) is 52.1 Å². The lowest BCUT2D eigenvalue weighted by Gasteiger charge is -2.24. The number of ether oxygens (including phenoxy) is 4. The number of nitrogens with zero attached hydrogens (tertiary/aromatic N) is 5. The van der Waals surface area contributed by atoms with Crippen molar-refractivity contribution in [2.45, 2.75) is 124 Å². The molecule has 3 rings (SSSR count). The predicted octanol–water partition coefficient (Wildman–Crippen LogP) is 7.08. The van der Waals surface area contributed by atoms with Crippen molar-refractivity contribution in [1.82, 2.24) is 34.6 Å². The largest absolute Gasteiger partial charge is 0.445 e. The highest BCUT2D eigenvalue weighted by Crippen LogP contribution is 2.17. The highest BCUT2D eigenvalue weighted by atomic mass is 28.3. The van der Waals surface area contributed by atoms with Crippen molar-refractivity contribution >= 4 is 34.2 Å². The minimum absolute atomic E-state index is 0.0501.